The zero-order valence-corrected chi connectivity index (χ0v) is 16.0. The molecule has 4 aromatic rings. The predicted octanol–water partition coefficient (Wildman–Crippen LogP) is 6.52. The van der Waals surface area contributed by atoms with E-state index in [1.54, 1.807) is 0 Å². The van der Waals surface area contributed by atoms with E-state index in [0.717, 1.165) is 19.5 Å². The second-order valence-electron chi connectivity index (χ2n) is 7.17. The molecule has 4 aromatic carbocycles. The number of nitrogens with one attached hydrogen (secondary N) is 2. The third-order valence-corrected chi connectivity index (χ3v) is 5.21. The van der Waals surface area contributed by atoms with Crippen LogP contribution in [-0.2, 0) is 0 Å². The number of para-hydroxylation sites is 1. The van der Waals surface area contributed by atoms with Gasteiger partial charge in [-0.15, -0.1) is 0 Å². The Balaban J connectivity index is 1.48. The fourth-order valence-electron chi connectivity index (χ4n) is 3.81. The fraction of sp³-hybridized carbons (Fsp3) is 0.200. The molecule has 27 heavy (non-hydrogen) atoms. The van der Waals surface area contributed by atoms with Gasteiger partial charge in [0.25, 0.3) is 0 Å². The van der Waals surface area contributed by atoms with Gasteiger partial charge < -0.3 is 10.6 Å². The van der Waals surface area contributed by atoms with E-state index >= 15 is 0 Å². The zero-order valence-electron chi connectivity index (χ0n) is 16.0. The maximum absolute atomic E-state index is 3.71. The van der Waals surface area contributed by atoms with Crippen molar-refractivity contribution < 1.29 is 0 Å². The highest BCUT2D eigenvalue weighted by Crippen LogP contribution is 2.32. The van der Waals surface area contributed by atoms with Crippen LogP contribution in [0, 0.1) is 13.8 Å². The summed E-state index contributed by atoms with van der Waals surface area (Å²) in [6, 6.07) is 26.0. The maximum Gasteiger partial charge on any atom is 0.0499 e. The summed E-state index contributed by atoms with van der Waals surface area (Å²) in [5.41, 5.74) is 5.13. The number of hydrogen-bond donors (Lipinski definition) is 2. The van der Waals surface area contributed by atoms with Gasteiger partial charge in [0, 0.05) is 35.2 Å². The Morgan fingerprint density at radius 1 is 0.593 bits per heavy atom. The van der Waals surface area contributed by atoms with Gasteiger partial charge in [-0.2, -0.15) is 0 Å². The van der Waals surface area contributed by atoms with Crippen LogP contribution in [0.3, 0.4) is 0 Å². The Hall–Kier alpha value is -3.00. The third-order valence-electron chi connectivity index (χ3n) is 5.21. The van der Waals surface area contributed by atoms with Gasteiger partial charge >= 0.3 is 0 Å². The number of anilines is 2. The van der Waals surface area contributed by atoms with E-state index in [9.17, 15) is 0 Å². The third kappa shape index (κ3) is 3.61. The molecule has 0 bridgehead atoms. The van der Waals surface area contributed by atoms with Crippen LogP contribution in [-0.4, -0.2) is 13.1 Å². The number of rotatable bonds is 6. The molecule has 0 unspecified atom stereocenters. The molecule has 0 aliphatic rings. The largest absolute Gasteiger partial charge is 0.385 e. The lowest BCUT2D eigenvalue weighted by Gasteiger charge is -2.15. The minimum Gasteiger partial charge on any atom is -0.385 e. The van der Waals surface area contributed by atoms with Crippen molar-refractivity contribution in [3.8, 4) is 0 Å². The molecular weight excluding hydrogens is 328 g/mol. The molecule has 136 valence electrons. The molecule has 0 saturated heterocycles. The highest BCUT2D eigenvalue weighted by Gasteiger charge is 2.07. The van der Waals surface area contributed by atoms with E-state index in [1.165, 1.54) is 44.0 Å². The Bertz CT molecular complexity index is 1010. The minimum absolute atomic E-state index is 0.940. The summed E-state index contributed by atoms with van der Waals surface area (Å²) in [5, 5.41) is 12.5. The molecule has 0 atom stereocenters. The van der Waals surface area contributed by atoms with Gasteiger partial charge in [0.2, 0.25) is 0 Å². The van der Waals surface area contributed by atoms with Crippen LogP contribution < -0.4 is 10.6 Å². The van der Waals surface area contributed by atoms with Crippen molar-refractivity contribution in [3.63, 3.8) is 0 Å². The second kappa shape index (κ2) is 7.71. The first kappa shape index (κ1) is 17.4. The number of hydrogen-bond acceptors (Lipinski definition) is 2. The van der Waals surface area contributed by atoms with Crippen LogP contribution in [0.1, 0.15) is 17.5 Å². The van der Waals surface area contributed by atoms with Gasteiger partial charge in [-0.3, -0.25) is 0 Å². The molecule has 0 radical (unpaired) electrons. The predicted molar refractivity (Wildman–Crippen MR) is 119 cm³/mol. The van der Waals surface area contributed by atoms with Crippen LogP contribution in [0.15, 0.2) is 72.8 Å². The monoisotopic (exact) mass is 354 g/mol. The Kier molecular flexibility index (Phi) is 4.97. The van der Waals surface area contributed by atoms with Gasteiger partial charge in [0.1, 0.15) is 0 Å². The van der Waals surface area contributed by atoms with Crippen molar-refractivity contribution >= 4 is 32.9 Å². The Morgan fingerprint density at radius 3 is 1.70 bits per heavy atom. The zero-order chi connectivity index (χ0) is 18.6. The summed E-state index contributed by atoms with van der Waals surface area (Å²) in [6.45, 7) is 6.23. The molecule has 2 N–H and O–H groups in total. The standard InChI is InChI=1S/C25H26N2/c1-18-9-7-10-19(2)24(18)26-15-8-16-27-25-22-13-5-3-11-20(22)17-21-12-4-6-14-23(21)25/h3-7,9-14,17,26-27H,8,15-16H2,1-2H3. The summed E-state index contributed by atoms with van der Waals surface area (Å²) in [6.07, 6.45) is 1.06. The normalized spacial score (nSPS) is 11.0. The van der Waals surface area contributed by atoms with Crippen molar-refractivity contribution in [2.75, 3.05) is 23.7 Å². The number of fused-ring (bicyclic) bond motifs is 2. The molecule has 0 aliphatic heterocycles. The van der Waals surface area contributed by atoms with Crippen LogP contribution in [0.25, 0.3) is 21.5 Å². The van der Waals surface area contributed by atoms with Gasteiger partial charge in [-0.25, -0.2) is 0 Å². The van der Waals surface area contributed by atoms with Gasteiger partial charge in [0.15, 0.2) is 0 Å². The van der Waals surface area contributed by atoms with Gasteiger partial charge in [-0.1, -0.05) is 66.7 Å². The van der Waals surface area contributed by atoms with Crippen molar-refractivity contribution in [2.24, 2.45) is 0 Å². The molecule has 0 aliphatic carbocycles. The van der Waals surface area contributed by atoms with E-state index in [4.69, 9.17) is 0 Å². The highest BCUT2D eigenvalue weighted by molar-refractivity contribution is 6.10. The molecule has 2 heteroatoms. The van der Waals surface area contributed by atoms with E-state index < -0.39 is 0 Å². The molecule has 2 nitrogen and oxygen atoms in total. The summed E-state index contributed by atoms with van der Waals surface area (Å²) >= 11 is 0. The van der Waals surface area contributed by atoms with Crippen molar-refractivity contribution in [1.82, 2.24) is 0 Å². The van der Waals surface area contributed by atoms with Crippen LogP contribution in [0.5, 0.6) is 0 Å². The summed E-state index contributed by atoms with van der Waals surface area (Å²) < 4.78 is 0. The first-order valence-corrected chi connectivity index (χ1v) is 9.68. The van der Waals surface area contributed by atoms with Gasteiger partial charge in [-0.05, 0) is 48.2 Å². The van der Waals surface area contributed by atoms with E-state index in [0.29, 0.717) is 0 Å². The molecule has 0 fully saturated rings. The topological polar surface area (TPSA) is 24.1 Å². The van der Waals surface area contributed by atoms with E-state index in [1.807, 2.05) is 0 Å². The lowest BCUT2D eigenvalue weighted by atomic mass is 10.0. The van der Waals surface area contributed by atoms with E-state index in [-0.39, 0.29) is 0 Å². The van der Waals surface area contributed by atoms with E-state index in [2.05, 4.69) is 97.3 Å². The van der Waals surface area contributed by atoms with Crippen molar-refractivity contribution in [1.29, 1.82) is 0 Å². The summed E-state index contributed by atoms with van der Waals surface area (Å²) in [4.78, 5) is 0. The van der Waals surface area contributed by atoms with Crippen LogP contribution in [0.4, 0.5) is 11.4 Å². The number of aryl methyl sites for hydroxylation is 2. The smallest absolute Gasteiger partial charge is 0.0499 e. The second-order valence-corrected chi connectivity index (χ2v) is 7.17. The maximum atomic E-state index is 3.71. The summed E-state index contributed by atoms with van der Waals surface area (Å²) in [7, 11) is 0. The molecule has 0 spiro atoms. The quantitative estimate of drug-likeness (QED) is 0.304. The summed E-state index contributed by atoms with van der Waals surface area (Å²) in [5.74, 6) is 0. The minimum atomic E-state index is 0.940. The Morgan fingerprint density at radius 2 is 1.11 bits per heavy atom. The molecule has 0 heterocycles. The Labute approximate surface area is 161 Å². The molecule has 0 aromatic heterocycles. The van der Waals surface area contributed by atoms with Crippen molar-refractivity contribution in [3.05, 3.63) is 83.9 Å². The molecule has 0 amide bonds. The average Bonchev–Trinajstić information content (AvgIpc) is 2.69. The average molecular weight is 354 g/mol. The molecule has 0 saturated carbocycles. The fourth-order valence-corrected chi connectivity index (χ4v) is 3.81. The molecular formula is C25H26N2. The van der Waals surface area contributed by atoms with Crippen LogP contribution in [0.2, 0.25) is 0 Å². The highest BCUT2D eigenvalue weighted by atomic mass is 14.9. The number of benzene rings is 4. The SMILES string of the molecule is Cc1cccc(C)c1NCCCNc1c2ccccc2cc2ccccc12. The lowest BCUT2D eigenvalue weighted by molar-refractivity contribution is 0.909. The molecule has 4 rings (SSSR count). The lowest BCUT2D eigenvalue weighted by Crippen LogP contribution is -2.11. The first-order valence-electron chi connectivity index (χ1n) is 9.68. The first-order chi connectivity index (χ1) is 13.2. The van der Waals surface area contributed by atoms with Crippen molar-refractivity contribution in [2.45, 2.75) is 20.3 Å². The van der Waals surface area contributed by atoms with Crippen LogP contribution >= 0.6 is 0 Å². The van der Waals surface area contributed by atoms with Gasteiger partial charge in [0.05, 0.1) is 0 Å².